The molecule has 1 aromatic carbocycles. The van der Waals surface area contributed by atoms with Crippen LogP contribution < -0.4 is 5.32 Å². The summed E-state index contributed by atoms with van der Waals surface area (Å²) in [5.41, 5.74) is 3.50. The summed E-state index contributed by atoms with van der Waals surface area (Å²) in [7, 11) is 0. The lowest BCUT2D eigenvalue weighted by Crippen LogP contribution is -2.41. The Balaban J connectivity index is 1.52. The van der Waals surface area contributed by atoms with E-state index < -0.39 is 0 Å². The molecule has 1 aliphatic heterocycles. The molecular formula is C18H22N2O2S. The van der Waals surface area contributed by atoms with Gasteiger partial charge in [-0.25, -0.2) is 0 Å². The minimum absolute atomic E-state index is 0.0154. The van der Waals surface area contributed by atoms with Crippen LogP contribution in [0.1, 0.15) is 15.2 Å². The van der Waals surface area contributed by atoms with E-state index in [4.69, 9.17) is 4.74 Å². The molecular weight excluding hydrogens is 308 g/mol. The van der Waals surface area contributed by atoms with Crippen LogP contribution in [-0.4, -0.2) is 50.2 Å². The van der Waals surface area contributed by atoms with Gasteiger partial charge in [0.2, 0.25) is 0 Å². The van der Waals surface area contributed by atoms with Gasteiger partial charge in [0.25, 0.3) is 5.91 Å². The Morgan fingerprint density at radius 2 is 1.96 bits per heavy atom. The normalized spacial score (nSPS) is 15.5. The van der Waals surface area contributed by atoms with E-state index >= 15 is 0 Å². The largest absolute Gasteiger partial charge is 0.379 e. The number of thiophene rings is 1. The van der Waals surface area contributed by atoms with Gasteiger partial charge in [0.05, 0.1) is 18.1 Å². The molecule has 1 amide bonds. The van der Waals surface area contributed by atoms with E-state index in [0.29, 0.717) is 6.54 Å². The first kappa shape index (κ1) is 16.2. The van der Waals surface area contributed by atoms with E-state index in [-0.39, 0.29) is 5.91 Å². The van der Waals surface area contributed by atoms with Gasteiger partial charge in [-0.15, -0.1) is 11.3 Å². The average Bonchev–Trinajstić information content (AvgIpc) is 3.06. The molecule has 2 aromatic rings. The Labute approximate surface area is 141 Å². The van der Waals surface area contributed by atoms with Crippen molar-refractivity contribution in [2.24, 2.45) is 0 Å². The van der Waals surface area contributed by atoms with Gasteiger partial charge < -0.3 is 10.1 Å². The van der Waals surface area contributed by atoms with Crippen molar-refractivity contribution in [2.75, 3.05) is 39.4 Å². The zero-order valence-electron chi connectivity index (χ0n) is 13.4. The van der Waals surface area contributed by atoms with Crippen molar-refractivity contribution >= 4 is 17.2 Å². The van der Waals surface area contributed by atoms with Gasteiger partial charge >= 0.3 is 0 Å². The fourth-order valence-corrected chi connectivity index (χ4v) is 3.42. The van der Waals surface area contributed by atoms with Crippen molar-refractivity contribution in [1.82, 2.24) is 10.2 Å². The Hall–Kier alpha value is -1.69. The number of ether oxygens (including phenoxy) is 1. The number of aryl methyl sites for hydroxylation is 1. The van der Waals surface area contributed by atoms with Gasteiger partial charge in [-0.3, -0.25) is 9.69 Å². The minimum atomic E-state index is 0.0154. The van der Waals surface area contributed by atoms with Crippen LogP contribution in [0, 0.1) is 6.92 Å². The van der Waals surface area contributed by atoms with Crippen molar-refractivity contribution < 1.29 is 9.53 Å². The second-order valence-electron chi connectivity index (χ2n) is 5.78. The summed E-state index contributed by atoms with van der Waals surface area (Å²) in [6.07, 6.45) is 0. The van der Waals surface area contributed by atoms with Gasteiger partial charge in [0, 0.05) is 26.2 Å². The lowest BCUT2D eigenvalue weighted by Gasteiger charge is -2.26. The molecule has 1 fully saturated rings. The van der Waals surface area contributed by atoms with E-state index in [1.165, 1.54) is 16.9 Å². The highest BCUT2D eigenvalue weighted by Gasteiger charge is 2.12. The van der Waals surface area contributed by atoms with Crippen molar-refractivity contribution in [3.8, 4) is 11.1 Å². The van der Waals surface area contributed by atoms with Crippen LogP contribution in [0.2, 0.25) is 0 Å². The summed E-state index contributed by atoms with van der Waals surface area (Å²) < 4.78 is 5.32. The molecule has 2 heterocycles. The molecule has 23 heavy (non-hydrogen) atoms. The maximum atomic E-state index is 12.2. The molecule has 0 saturated carbocycles. The Morgan fingerprint density at radius 1 is 1.22 bits per heavy atom. The summed E-state index contributed by atoms with van der Waals surface area (Å²) in [4.78, 5) is 15.3. The molecule has 0 aliphatic carbocycles. The van der Waals surface area contributed by atoms with E-state index in [1.807, 2.05) is 11.4 Å². The monoisotopic (exact) mass is 330 g/mol. The quantitative estimate of drug-likeness (QED) is 0.916. The predicted molar refractivity (Wildman–Crippen MR) is 94.1 cm³/mol. The number of morpholine rings is 1. The number of nitrogens with zero attached hydrogens (tertiary/aromatic N) is 1. The smallest absolute Gasteiger partial charge is 0.261 e. The van der Waals surface area contributed by atoms with Crippen molar-refractivity contribution in [3.05, 3.63) is 46.2 Å². The highest BCUT2D eigenvalue weighted by Crippen LogP contribution is 2.25. The molecule has 0 spiro atoms. The van der Waals surface area contributed by atoms with Gasteiger partial charge in [0.1, 0.15) is 0 Å². The third-order valence-electron chi connectivity index (χ3n) is 4.03. The number of nitrogens with one attached hydrogen (secondary N) is 1. The standard InChI is InChI=1S/C18H22N2O2S/c1-14-2-4-15(5-3-14)16-12-17(23-13-16)18(21)19-6-7-20-8-10-22-11-9-20/h2-5,12-13H,6-11H2,1H3,(H,19,21). The van der Waals surface area contributed by atoms with Crippen LogP contribution in [-0.2, 0) is 4.74 Å². The second kappa shape index (κ2) is 7.73. The molecule has 1 saturated heterocycles. The van der Waals surface area contributed by atoms with Crippen LogP contribution >= 0.6 is 11.3 Å². The van der Waals surface area contributed by atoms with Crippen LogP contribution in [0.25, 0.3) is 11.1 Å². The van der Waals surface area contributed by atoms with E-state index in [1.54, 1.807) is 0 Å². The second-order valence-corrected chi connectivity index (χ2v) is 6.69. The van der Waals surface area contributed by atoms with Gasteiger partial charge in [-0.1, -0.05) is 29.8 Å². The average molecular weight is 330 g/mol. The fraction of sp³-hybridized carbons (Fsp3) is 0.389. The number of carbonyl (C=O) groups excluding carboxylic acids is 1. The number of hydrogen-bond donors (Lipinski definition) is 1. The van der Waals surface area contributed by atoms with E-state index in [9.17, 15) is 4.79 Å². The predicted octanol–water partition coefficient (Wildman–Crippen LogP) is 2.79. The highest BCUT2D eigenvalue weighted by molar-refractivity contribution is 7.12. The molecule has 0 bridgehead atoms. The van der Waals surface area contributed by atoms with Gasteiger partial charge in [-0.05, 0) is 29.5 Å². The van der Waals surface area contributed by atoms with Crippen LogP contribution in [0.3, 0.4) is 0 Å². The first-order valence-electron chi connectivity index (χ1n) is 7.96. The summed E-state index contributed by atoms with van der Waals surface area (Å²) in [6.45, 7) is 7.11. The van der Waals surface area contributed by atoms with Crippen molar-refractivity contribution in [2.45, 2.75) is 6.92 Å². The maximum absolute atomic E-state index is 12.2. The molecule has 0 unspecified atom stereocenters. The summed E-state index contributed by atoms with van der Waals surface area (Å²) in [6, 6.07) is 10.3. The van der Waals surface area contributed by atoms with Crippen molar-refractivity contribution in [1.29, 1.82) is 0 Å². The van der Waals surface area contributed by atoms with Crippen LogP contribution in [0.4, 0.5) is 0 Å². The molecule has 0 radical (unpaired) electrons. The first-order valence-corrected chi connectivity index (χ1v) is 8.84. The third kappa shape index (κ3) is 4.41. The Kier molecular flexibility index (Phi) is 5.43. The topological polar surface area (TPSA) is 41.6 Å². The third-order valence-corrected chi connectivity index (χ3v) is 4.95. The summed E-state index contributed by atoms with van der Waals surface area (Å²) in [5.74, 6) is 0.0154. The fourth-order valence-electron chi connectivity index (χ4n) is 2.59. The molecule has 0 atom stereocenters. The molecule has 4 nitrogen and oxygen atoms in total. The lowest BCUT2D eigenvalue weighted by atomic mass is 10.1. The number of rotatable bonds is 5. The Bertz CT molecular complexity index is 645. The lowest BCUT2D eigenvalue weighted by molar-refractivity contribution is 0.0383. The molecule has 1 aromatic heterocycles. The SMILES string of the molecule is Cc1ccc(-c2csc(C(=O)NCCN3CCOCC3)c2)cc1. The van der Waals surface area contributed by atoms with Crippen LogP contribution in [0.15, 0.2) is 35.7 Å². The maximum Gasteiger partial charge on any atom is 0.261 e. The highest BCUT2D eigenvalue weighted by atomic mass is 32.1. The van der Waals surface area contributed by atoms with E-state index in [2.05, 4.69) is 41.4 Å². The molecule has 122 valence electrons. The number of amides is 1. The Morgan fingerprint density at radius 3 is 2.70 bits per heavy atom. The van der Waals surface area contributed by atoms with Gasteiger partial charge in [0.15, 0.2) is 0 Å². The molecule has 1 N–H and O–H groups in total. The number of carbonyl (C=O) groups is 1. The van der Waals surface area contributed by atoms with Crippen LogP contribution in [0.5, 0.6) is 0 Å². The first-order chi connectivity index (χ1) is 11.2. The van der Waals surface area contributed by atoms with Gasteiger partial charge in [-0.2, -0.15) is 0 Å². The summed E-state index contributed by atoms with van der Waals surface area (Å²) in [5, 5.41) is 5.05. The zero-order chi connectivity index (χ0) is 16.1. The number of hydrogen-bond acceptors (Lipinski definition) is 4. The molecule has 1 aliphatic rings. The van der Waals surface area contributed by atoms with E-state index in [0.717, 1.165) is 48.9 Å². The minimum Gasteiger partial charge on any atom is -0.379 e. The summed E-state index contributed by atoms with van der Waals surface area (Å²) >= 11 is 1.50. The molecule has 5 heteroatoms. The molecule has 3 rings (SSSR count). The van der Waals surface area contributed by atoms with Crippen molar-refractivity contribution in [3.63, 3.8) is 0 Å². The zero-order valence-corrected chi connectivity index (χ0v) is 14.2. The number of benzene rings is 1.